The molecule has 0 radical (unpaired) electrons. The minimum Gasteiger partial charge on any atom is -0.351 e. The number of nitrogens with zero attached hydrogens (tertiary/aromatic N) is 3. The number of rotatable bonds is 2. The summed E-state index contributed by atoms with van der Waals surface area (Å²) < 4.78 is 1.73. The molecular formula is C16H20N4O2. The van der Waals surface area contributed by atoms with Crippen molar-refractivity contribution in [2.45, 2.75) is 19.9 Å². The van der Waals surface area contributed by atoms with E-state index >= 15 is 0 Å². The number of hydrogen-bond acceptors (Lipinski definition) is 3. The van der Waals surface area contributed by atoms with Crippen LogP contribution >= 0.6 is 0 Å². The van der Waals surface area contributed by atoms with Crippen molar-refractivity contribution < 1.29 is 9.59 Å². The highest BCUT2D eigenvalue weighted by molar-refractivity contribution is 6.05. The van der Waals surface area contributed by atoms with Crippen molar-refractivity contribution >= 4 is 22.7 Å². The Morgan fingerprint density at radius 3 is 2.73 bits per heavy atom. The van der Waals surface area contributed by atoms with Gasteiger partial charge in [0.15, 0.2) is 5.69 Å². The summed E-state index contributed by atoms with van der Waals surface area (Å²) in [7, 11) is 1.84. The zero-order chi connectivity index (χ0) is 15.9. The summed E-state index contributed by atoms with van der Waals surface area (Å²) in [6.45, 7) is 4.72. The van der Waals surface area contributed by atoms with Crippen LogP contribution in [0.5, 0.6) is 0 Å². The van der Waals surface area contributed by atoms with Crippen molar-refractivity contribution in [2.75, 3.05) is 13.1 Å². The van der Waals surface area contributed by atoms with Crippen molar-refractivity contribution in [3.05, 3.63) is 30.0 Å². The number of aryl methyl sites for hydroxylation is 1. The van der Waals surface area contributed by atoms with E-state index in [0.717, 1.165) is 10.9 Å². The van der Waals surface area contributed by atoms with E-state index in [2.05, 4.69) is 10.4 Å². The number of carbonyl (C=O) groups is 2. The number of amides is 2. The van der Waals surface area contributed by atoms with Crippen LogP contribution in [0.3, 0.4) is 0 Å². The fourth-order valence-corrected chi connectivity index (χ4v) is 3.10. The second-order valence-corrected chi connectivity index (χ2v) is 5.98. The first-order valence-electron chi connectivity index (χ1n) is 7.45. The molecule has 1 N–H and O–H groups in total. The molecule has 2 aromatic rings. The topological polar surface area (TPSA) is 67.2 Å². The number of nitrogens with one attached hydrogen (secondary N) is 1. The molecule has 1 saturated heterocycles. The highest BCUT2D eigenvalue weighted by Crippen LogP contribution is 2.23. The maximum atomic E-state index is 12.8. The highest BCUT2D eigenvalue weighted by Gasteiger charge is 2.34. The molecule has 1 aliphatic rings. The van der Waals surface area contributed by atoms with E-state index in [-0.39, 0.29) is 23.8 Å². The molecule has 0 unspecified atom stereocenters. The summed E-state index contributed by atoms with van der Waals surface area (Å²) >= 11 is 0. The Bertz CT molecular complexity index is 737. The number of para-hydroxylation sites is 1. The molecule has 2 atom stereocenters. The third kappa shape index (κ3) is 2.45. The van der Waals surface area contributed by atoms with Crippen molar-refractivity contribution in [1.29, 1.82) is 0 Å². The van der Waals surface area contributed by atoms with Crippen LogP contribution in [-0.2, 0) is 11.8 Å². The highest BCUT2D eigenvalue weighted by atomic mass is 16.2. The van der Waals surface area contributed by atoms with Gasteiger partial charge in [-0.1, -0.05) is 25.1 Å². The molecule has 1 aromatic carbocycles. The average Bonchev–Trinajstić information content (AvgIpc) is 3.00. The normalized spacial score (nSPS) is 21.3. The first-order chi connectivity index (χ1) is 10.5. The van der Waals surface area contributed by atoms with Crippen molar-refractivity contribution in [1.82, 2.24) is 20.0 Å². The molecule has 22 heavy (non-hydrogen) atoms. The Morgan fingerprint density at radius 1 is 1.27 bits per heavy atom. The third-order valence-corrected chi connectivity index (χ3v) is 4.25. The van der Waals surface area contributed by atoms with Crippen LogP contribution in [0, 0.1) is 5.92 Å². The Labute approximate surface area is 129 Å². The number of benzene rings is 1. The van der Waals surface area contributed by atoms with E-state index in [0.29, 0.717) is 18.8 Å². The van der Waals surface area contributed by atoms with Crippen LogP contribution in [0.4, 0.5) is 0 Å². The predicted octanol–water partition coefficient (Wildman–Crippen LogP) is 1.17. The van der Waals surface area contributed by atoms with Gasteiger partial charge in [0.2, 0.25) is 5.91 Å². The number of aromatic nitrogens is 2. The van der Waals surface area contributed by atoms with E-state index in [1.807, 2.05) is 38.2 Å². The predicted molar refractivity (Wildman–Crippen MR) is 83.4 cm³/mol. The second-order valence-electron chi connectivity index (χ2n) is 5.98. The smallest absolute Gasteiger partial charge is 0.275 e. The maximum absolute atomic E-state index is 12.8. The van der Waals surface area contributed by atoms with Gasteiger partial charge in [0.05, 0.1) is 11.6 Å². The van der Waals surface area contributed by atoms with Crippen LogP contribution in [0.1, 0.15) is 24.3 Å². The van der Waals surface area contributed by atoms with E-state index < -0.39 is 0 Å². The third-order valence-electron chi connectivity index (χ3n) is 4.25. The molecule has 0 spiro atoms. The number of hydrogen-bond donors (Lipinski definition) is 1. The van der Waals surface area contributed by atoms with Crippen LogP contribution in [-0.4, -0.2) is 45.6 Å². The van der Waals surface area contributed by atoms with Crippen LogP contribution < -0.4 is 5.32 Å². The zero-order valence-electron chi connectivity index (χ0n) is 13.0. The lowest BCUT2D eigenvalue weighted by atomic mass is 10.1. The molecule has 6 heteroatoms. The summed E-state index contributed by atoms with van der Waals surface area (Å²) in [5.41, 5.74) is 1.42. The van der Waals surface area contributed by atoms with E-state index in [1.54, 1.807) is 9.58 Å². The Hall–Kier alpha value is -2.37. The molecule has 1 aliphatic heterocycles. The van der Waals surface area contributed by atoms with Gasteiger partial charge in [-0.2, -0.15) is 5.10 Å². The van der Waals surface area contributed by atoms with Gasteiger partial charge in [-0.25, -0.2) is 0 Å². The lowest BCUT2D eigenvalue weighted by Crippen LogP contribution is -2.39. The Kier molecular flexibility index (Phi) is 3.60. The van der Waals surface area contributed by atoms with Gasteiger partial charge >= 0.3 is 0 Å². The minimum atomic E-state index is -0.0727. The number of likely N-dealkylation sites (tertiary alicyclic amines) is 1. The minimum absolute atomic E-state index is 0.0106. The summed E-state index contributed by atoms with van der Waals surface area (Å²) in [6, 6.07) is 7.72. The largest absolute Gasteiger partial charge is 0.351 e. The SMILES string of the molecule is CC(=O)N[C@@H]1CN(C(=O)c2nn(C)c3ccccc23)C[C@@H]1C. The van der Waals surface area contributed by atoms with Gasteiger partial charge in [-0.15, -0.1) is 0 Å². The number of fused-ring (bicyclic) bond motifs is 1. The lowest BCUT2D eigenvalue weighted by molar-refractivity contribution is -0.119. The second kappa shape index (κ2) is 5.44. The first kappa shape index (κ1) is 14.6. The Morgan fingerprint density at radius 2 is 2.00 bits per heavy atom. The van der Waals surface area contributed by atoms with E-state index in [1.165, 1.54) is 6.92 Å². The van der Waals surface area contributed by atoms with Gasteiger partial charge in [-0.05, 0) is 12.0 Å². The average molecular weight is 300 g/mol. The van der Waals surface area contributed by atoms with Crippen LogP contribution in [0.2, 0.25) is 0 Å². The first-order valence-corrected chi connectivity index (χ1v) is 7.45. The lowest BCUT2D eigenvalue weighted by Gasteiger charge is -2.15. The monoisotopic (exact) mass is 300 g/mol. The summed E-state index contributed by atoms with van der Waals surface area (Å²) in [6.07, 6.45) is 0. The zero-order valence-corrected chi connectivity index (χ0v) is 13.0. The van der Waals surface area contributed by atoms with Gasteiger partial charge < -0.3 is 10.2 Å². The molecule has 2 amide bonds. The molecule has 1 fully saturated rings. The molecule has 116 valence electrons. The van der Waals surface area contributed by atoms with Gasteiger partial charge in [0.1, 0.15) is 0 Å². The van der Waals surface area contributed by atoms with Gasteiger partial charge in [0, 0.05) is 32.4 Å². The van der Waals surface area contributed by atoms with Crippen molar-refractivity contribution in [3.8, 4) is 0 Å². The van der Waals surface area contributed by atoms with Crippen LogP contribution in [0.25, 0.3) is 10.9 Å². The molecule has 6 nitrogen and oxygen atoms in total. The maximum Gasteiger partial charge on any atom is 0.275 e. The molecule has 0 aliphatic carbocycles. The molecular weight excluding hydrogens is 280 g/mol. The fourth-order valence-electron chi connectivity index (χ4n) is 3.10. The molecule has 0 saturated carbocycles. The summed E-state index contributed by atoms with van der Waals surface area (Å²) in [5.74, 6) is 0.105. The van der Waals surface area contributed by atoms with Gasteiger partial charge in [0.25, 0.3) is 5.91 Å². The number of carbonyl (C=O) groups excluding carboxylic acids is 2. The molecule has 2 heterocycles. The van der Waals surface area contributed by atoms with Crippen molar-refractivity contribution in [3.63, 3.8) is 0 Å². The van der Waals surface area contributed by atoms with Crippen LogP contribution in [0.15, 0.2) is 24.3 Å². The van der Waals surface area contributed by atoms with E-state index in [4.69, 9.17) is 0 Å². The Balaban J connectivity index is 1.86. The molecule has 3 rings (SSSR count). The molecule has 1 aromatic heterocycles. The van der Waals surface area contributed by atoms with Crippen molar-refractivity contribution in [2.24, 2.45) is 13.0 Å². The summed E-state index contributed by atoms with van der Waals surface area (Å²) in [4.78, 5) is 25.8. The fraction of sp³-hybridized carbons (Fsp3) is 0.438. The van der Waals surface area contributed by atoms with Gasteiger partial charge in [-0.3, -0.25) is 14.3 Å². The quantitative estimate of drug-likeness (QED) is 0.905. The van der Waals surface area contributed by atoms with E-state index in [9.17, 15) is 9.59 Å². The molecule has 0 bridgehead atoms. The summed E-state index contributed by atoms with van der Waals surface area (Å²) in [5, 5.41) is 8.16. The standard InChI is InChI=1S/C16H20N4O2/c1-10-8-20(9-13(10)17-11(2)21)16(22)15-12-6-4-5-7-14(12)19(3)18-15/h4-7,10,13H,8-9H2,1-3H3,(H,17,21)/t10-,13+/m0/s1.